The first kappa shape index (κ1) is 16.7. The van der Waals surface area contributed by atoms with Gasteiger partial charge in [0.2, 0.25) is 0 Å². The third-order valence-corrected chi connectivity index (χ3v) is 3.96. The van der Waals surface area contributed by atoms with Crippen LogP contribution in [0.4, 0.5) is 4.39 Å². The molecule has 1 heterocycles. The highest BCUT2D eigenvalue weighted by Gasteiger charge is 2.06. The van der Waals surface area contributed by atoms with Gasteiger partial charge in [-0.25, -0.2) is 9.37 Å². The molecule has 1 unspecified atom stereocenters. The molecule has 0 aliphatic carbocycles. The van der Waals surface area contributed by atoms with Crippen LogP contribution in [0.5, 0.6) is 0 Å². The number of aliphatic hydroxyl groups excluding tert-OH is 1. The van der Waals surface area contributed by atoms with Crippen molar-refractivity contribution in [3.8, 4) is 0 Å². The number of nitrogens with zero attached hydrogens (tertiary/aromatic N) is 2. The maximum atomic E-state index is 12.8. The maximum Gasteiger partial charge on any atom is 0.123 e. The van der Waals surface area contributed by atoms with Crippen LogP contribution < -0.4 is 0 Å². The Morgan fingerprint density at radius 2 is 1.68 bits per heavy atom. The first-order chi connectivity index (χ1) is 10.8. The second-order valence-electron chi connectivity index (χ2n) is 5.78. The summed E-state index contributed by atoms with van der Waals surface area (Å²) in [5.74, 6) is -0.258. The SMILES string of the molecule is OC(CCCCCCCCn1ccnc1)c1ccc(F)cc1. The van der Waals surface area contributed by atoms with E-state index < -0.39 is 6.10 Å². The minimum Gasteiger partial charge on any atom is -0.388 e. The molecule has 0 aliphatic rings. The van der Waals surface area contributed by atoms with E-state index in [1.54, 1.807) is 12.1 Å². The van der Waals surface area contributed by atoms with Crippen LogP contribution in [-0.4, -0.2) is 14.7 Å². The molecular formula is C18H25FN2O. The second kappa shape index (κ2) is 9.36. The van der Waals surface area contributed by atoms with Crippen LogP contribution in [0.1, 0.15) is 56.6 Å². The normalized spacial score (nSPS) is 12.5. The maximum absolute atomic E-state index is 12.8. The molecule has 2 rings (SSSR count). The number of aryl methyl sites for hydroxylation is 1. The molecule has 0 saturated heterocycles. The van der Waals surface area contributed by atoms with Crippen molar-refractivity contribution in [3.63, 3.8) is 0 Å². The smallest absolute Gasteiger partial charge is 0.123 e. The topological polar surface area (TPSA) is 38.0 Å². The predicted octanol–water partition coefficient (Wildman–Crippen LogP) is 4.49. The third kappa shape index (κ3) is 5.98. The number of hydrogen-bond donors (Lipinski definition) is 1. The van der Waals surface area contributed by atoms with Gasteiger partial charge in [-0.1, -0.05) is 44.2 Å². The molecule has 120 valence electrons. The molecule has 0 fully saturated rings. The number of hydrogen-bond acceptors (Lipinski definition) is 2. The zero-order valence-electron chi connectivity index (χ0n) is 13.0. The van der Waals surface area contributed by atoms with Crippen LogP contribution in [0.25, 0.3) is 0 Å². The van der Waals surface area contributed by atoms with Crippen molar-refractivity contribution in [3.05, 3.63) is 54.4 Å². The standard InChI is InChI=1S/C18H25FN2O/c19-17-10-8-16(9-11-17)18(22)7-5-3-1-2-4-6-13-21-14-12-20-15-21/h8-12,14-15,18,22H,1-7,13H2. The lowest BCUT2D eigenvalue weighted by Crippen LogP contribution is -1.97. The minimum atomic E-state index is -0.471. The molecule has 0 saturated carbocycles. The van der Waals surface area contributed by atoms with Crippen LogP contribution in [0.2, 0.25) is 0 Å². The van der Waals surface area contributed by atoms with Gasteiger partial charge >= 0.3 is 0 Å². The Hall–Kier alpha value is -1.68. The number of imidazole rings is 1. The lowest BCUT2D eigenvalue weighted by atomic mass is 10.0. The molecule has 3 nitrogen and oxygen atoms in total. The van der Waals surface area contributed by atoms with Crippen molar-refractivity contribution in [1.29, 1.82) is 0 Å². The van der Waals surface area contributed by atoms with Crippen LogP contribution in [0, 0.1) is 5.82 Å². The molecule has 2 aromatic rings. The van der Waals surface area contributed by atoms with E-state index in [1.807, 2.05) is 18.7 Å². The number of benzene rings is 1. The first-order valence-electron chi connectivity index (χ1n) is 8.15. The predicted molar refractivity (Wildman–Crippen MR) is 85.9 cm³/mol. The Kier molecular flexibility index (Phi) is 7.10. The second-order valence-corrected chi connectivity index (χ2v) is 5.78. The van der Waals surface area contributed by atoms with E-state index in [2.05, 4.69) is 9.55 Å². The fourth-order valence-electron chi connectivity index (χ4n) is 2.61. The molecule has 0 amide bonds. The monoisotopic (exact) mass is 304 g/mol. The first-order valence-corrected chi connectivity index (χ1v) is 8.15. The van der Waals surface area contributed by atoms with Crippen molar-refractivity contribution in [2.24, 2.45) is 0 Å². The van der Waals surface area contributed by atoms with E-state index in [-0.39, 0.29) is 5.82 Å². The van der Waals surface area contributed by atoms with Gasteiger partial charge < -0.3 is 9.67 Å². The number of rotatable bonds is 10. The highest BCUT2D eigenvalue weighted by Crippen LogP contribution is 2.20. The Balaban J connectivity index is 1.47. The van der Waals surface area contributed by atoms with Gasteiger partial charge in [0.25, 0.3) is 0 Å². The average molecular weight is 304 g/mol. The van der Waals surface area contributed by atoms with Crippen LogP contribution in [0.15, 0.2) is 43.0 Å². The molecule has 0 radical (unpaired) electrons. The summed E-state index contributed by atoms with van der Waals surface area (Å²) in [6.07, 6.45) is 13.0. The fourth-order valence-corrected chi connectivity index (χ4v) is 2.61. The third-order valence-electron chi connectivity index (χ3n) is 3.96. The summed E-state index contributed by atoms with van der Waals surface area (Å²) < 4.78 is 14.9. The fraction of sp³-hybridized carbons (Fsp3) is 0.500. The summed E-state index contributed by atoms with van der Waals surface area (Å²) >= 11 is 0. The number of halogens is 1. The van der Waals surface area contributed by atoms with Crippen molar-refractivity contribution in [1.82, 2.24) is 9.55 Å². The van der Waals surface area contributed by atoms with Gasteiger partial charge in [0.05, 0.1) is 12.4 Å². The molecule has 1 atom stereocenters. The molecule has 22 heavy (non-hydrogen) atoms. The van der Waals surface area contributed by atoms with E-state index in [9.17, 15) is 9.50 Å². The Labute approximate surface area is 131 Å². The molecule has 1 aromatic carbocycles. The summed E-state index contributed by atoms with van der Waals surface area (Å²) in [5, 5.41) is 10.0. The van der Waals surface area contributed by atoms with Crippen molar-refractivity contribution in [2.45, 2.75) is 57.6 Å². The highest BCUT2D eigenvalue weighted by atomic mass is 19.1. The molecule has 0 bridgehead atoms. The zero-order chi connectivity index (χ0) is 15.6. The van der Waals surface area contributed by atoms with E-state index in [4.69, 9.17) is 0 Å². The number of aromatic nitrogens is 2. The average Bonchev–Trinajstić information content (AvgIpc) is 3.03. The van der Waals surface area contributed by atoms with E-state index in [1.165, 1.54) is 37.8 Å². The number of unbranched alkanes of at least 4 members (excludes halogenated alkanes) is 5. The lowest BCUT2D eigenvalue weighted by Gasteiger charge is -2.10. The Morgan fingerprint density at radius 1 is 1.00 bits per heavy atom. The highest BCUT2D eigenvalue weighted by molar-refractivity contribution is 5.18. The Morgan fingerprint density at radius 3 is 2.36 bits per heavy atom. The zero-order valence-corrected chi connectivity index (χ0v) is 13.0. The van der Waals surface area contributed by atoms with Crippen LogP contribution >= 0.6 is 0 Å². The van der Waals surface area contributed by atoms with Gasteiger partial charge in [-0.2, -0.15) is 0 Å². The van der Waals surface area contributed by atoms with E-state index >= 15 is 0 Å². The minimum absolute atomic E-state index is 0.258. The molecule has 0 spiro atoms. The molecule has 1 aromatic heterocycles. The van der Waals surface area contributed by atoms with Gasteiger partial charge in [-0.05, 0) is 30.5 Å². The van der Waals surface area contributed by atoms with Gasteiger partial charge in [-0.15, -0.1) is 0 Å². The number of aliphatic hydroxyl groups is 1. The summed E-state index contributed by atoms with van der Waals surface area (Å²) in [6.45, 7) is 1.04. The van der Waals surface area contributed by atoms with Gasteiger partial charge in [-0.3, -0.25) is 0 Å². The lowest BCUT2D eigenvalue weighted by molar-refractivity contribution is 0.163. The Bertz CT molecular complexity index is 510. The summed E-state index contributed by atoms with van der Waals surface area (Å²) in [6, 6.07) is 6.13. The van der Waals surface area contributed by atoms with Crippen molar-refractivity contribution >= 4 is 0 Å². The van der Waals surface area contributed by atoms with E-state index in [0.29, 0.717) is 0 Å². The van der Waals surface area contributed by atoms with Crippen LogP contribution in [-0.2, 0) is 6.54 Å². The van der Waals surface area contributed by atoms with Crippen molar-refractivity contribution in [2.75, 3.05) is 0 Å². The van der Waals surface area contributed by atoms with Gasteiger partial charge in [0.15, 0.2) is 0 Å². The van der Waals surface area contributed by atoms with Gasteiger partial charge in [0.1, 0.15) is 5.82 Å². The molecule has 1 N–H and O–H groups in total. The van der Waals surface area contributed by atoms with Gasteiger partial charge in [0, 0.05) is 18.9 Å². The van der Waals surface area contributed by atoms with E-state index in [0.717, 1.165) is 31.4 Å². The summed E-state index contributed by atoms with van der Waals surface area (Å²) in [7, 11) is 0. The van der Waals surface area contributed by atoms with Crippen LogP contribution in [0.3, 0.4) is 0 Å². The molecule has 0 aliphatic heterocycles. The largest absolute Gasteiger partial charge is 0.388 e. The summed E-state index contributed by atoms with van der Waals surface area (Å²) in [4.78, 5) is 4.03. The molecule has 4 heteroatoms. The quantitative estimate of drug-likeness (QED) is 0.657. The summed E-state index contributed by atoms with van der Waals surface area (Å²) in [5.41, 5.74) is 0.807. The molecular weight excluding hydrogens is 279 g/mol. The van der Waals surface area contributed by atoms with Crippen molar-refractivity contribution < 1.29 is 9.50 Å².